The highest BCUT2D eigenvalue weighted by atomic mass is 15.5. The lowest BCUT2D eigenvalue weighted by Gasteiger charge is -2.26. The highest BCUT2D eigenvalue weighted by Crippen LogP contribution is 2.29. The largest absolute Gasteiger partial charge is 0.354 e. The van der Waals surface area contributed by atoms with Gasteiger partial charge in [0.1, 0.15) is 0 Å². The average Bonchev–Trinajstić information content (AvgIpc) is 3.10. The second-order valence-corrected chi connectivity index (χ2v) is 10.1. The molecular weight excluding hydrogens is 660 g/mol. The van der Waals surface area contributed by atoms with E-state index in [1.807, 2.05) is 41.5 Å². The molecule has 51 heavy (non-hydrogen) atoms. The standard InChI is InChI=1S/C27H48N24/c1-7-31-16-37-17(32-8-2)41-22(40-16)49(13-28)25-46-26(50(14-29)23-42-18(33-9-3)38-19(43-23)34-10-4)48-27(47-25)51(15-30)24-44-20(35-11-5)39-21(45-24)36-12-6/h7-15,28-30H2,1-6H3,(H2,31,32,37,40,41)(H2,33,34,38,42,43)(H2,35,36,39,44,45). The van der Waals surface area contributed by atoms with Crippen molar-refractivity contribution in [1.29, 1.82) is 0 Å². The van der Waals surface area contributed by atoms with Crippen LogP contribution >= 0.6 is 0 Å². The van der Waals surface area contributed by atoms with Crippen LogP contribution in [0.4, 0.5) is 71.4 Å². The van der Waals surface area contributed by atoms with Crippen LogP contribution in [0.15, 0.2) is 0 Å². The van der Waals surface area contributed by atoms with Gasteiger partial charge in [-0.25, -0.2) is 0 Å². The Labute approximate surface area is 295 Å². The summed E-state index contributed by atoms with van der Waals surface area (Å²) in [5.74, 6) is 2.59. The maximum Gasteiger partial charge on any atom is 0.240 e. The van der Waals surface area contributed by atoms with E-state index in [0.717, 1.165) is 0 Å². The van der Waals surface area contributed by atoms with Crippen molar-refractivity contribution in [1.82, 2.24) is 59.8 Å². The smallest absolute Gasteiger partial charge is 0.240 e. The quantitative estimate of drug-likeness (QED) is 0.0521. The lowest BCUT2D eigenvalue weighted by Crippen LogP contribution is -2.35. The molecule has 0 atom stereocenters. The van der Waals surface area contributed by atoms with Gasteiger partial charge in [0.2, 0.25) is 71.4 Å². The van der Waals surface area contributed by atoms with Gasteiger partial charge in [-0.3, -0.25) is 14.7 Å². The number of aromatic nitrogens is 12. The van der Waals surface area contributed by atoms with E-state index in [1.54, 1.807) is 0 Å². The van der Waals surface area contributed by atoms with Crippen LogP contribution in [0.25, 0.3) is 0 Å². The summed E-state index contributed by atoms with van der Waals surface area (Å²) < 4.78 is 0. The molecule has 0 aliphatic heterocycles. The molecule has 0 saturated heterocycles. The summed E-state index contributed by atoms with van der Waals surface area (Å²) in [6.45, 7) is 14.6. The molecule has 0 fully saturated rings. The summed E-state index contributed by atoms with van der Waals surface area (Å²) in [6, 6.07) is 0. The monoisotopic (exact) mass is 708 g/mol. The molecule has 24 nitrogen and oxygen atoms in total. The highest BCUT2D eigenvalue weighted by Gasteiger charge is 2.27. The minimum absolute atomic E-state index is 0.0474. The third-order valence-corrected chi connectivity index (χ3v) is 6.48. The van der Waals surface area contributed by atoms with E-state index >= 15 is 0 Å². The number of nitrogens with one attached hydrogen (secondary N) is 6. The predicted octanol–water partition coefficient (Wildman–Crippen LogP) is 0.180. The van der Waals surface area contributed by atoms with Crippen molar-refractivity contribution in [3.05, 3.63) is 0 Å². The Bertz CT molecular complexity index is 1410. The fraction of sp³-hybridized carbons (Fsp3) is 0.556. The fourth-order valence-electron chi connectivity index (χ4n) is 4.34. The summed E-state index contributed by atoms with van der Waals surface area (Å²) in [6.07, 6.45) is 0. The molecule has 12 N–H and O–H groups in total. The topological polar surface area (TPSA) is 315 Å². The minimum Gasteiger partial charge on any atom is -0.354 e. The summed E-state index contributed by atoms with van der Waals surface area (Å²) >= 11 is 0. The van der Waals surface area contributed by atoms with Crippen LogP contribution in [-0.4, -0.2) is 119 Å². The minimum atomic E-state index is -0.142. The number of hydrogen-bond donors (Lipinski definition) is 9. The molecule has 0 aliphatic rings. The van der Waals surface area contributed by atoms with Crippen LogP contribution in [0.3, 0.4) is 0 Å². The van der Waals surface area contributed by atoms with Crippen LogP contribution in [0.5, 0.6) is 0 Å². The molecule has 4 rings (SSSR count). The fourth-order valence-corrected chi connectivity index (χ4v) is 4.34. The van der Waals surface area contributed by atoms with Crippen LogP contribution < -0.4 is 63.8 Å². The lowest BCUT2D eigenvalue weighted by atomic mass is 10.6. The maximum atomic E-state index is 6.35. The Kier molecular flexibility index (Phi) is 14.0. The summed E-state index contributed by atoms with van der Waals surface area (Å²) in [7, 11) is 0. The first kappa shape index (κ1) is 37.9. The van der Waals surface area contributed by atoms with Crippen molar-refractivity contribution in [3.63, 3.8) is 0 Å². The van der Waals surface area contributed by atoms with Crippen molar-refractivity contribution in [2.45, 2.75) is 41.5 Å². The van der Waals surface area contributed by atoms with Crippen LogP contribution in [0.2, 0.25) is 0 Å². The maximum absolute atomic E-state index is 6.35. The first-order valence-corrected chi connectivity index (χ1v) is 16.7. The van der Waals surface area contributed by atoms with E-state index < -0.39 is 0 Å². The van der Waals surface area contributed by atoms with Gasteiger partial charge in [0, 0.05) is 39.3 Å². The van der Waals surface area contributed by atoms with Gasteiger partial charge in [0.25, 0.3) is 0 Å². The number of hydrogen-bond acceptors (Lipinski definition) is 24. The Balaban J connectivity index is 1.98. The van der Waals surface area contributed by atoms with E-state index in [4.69, 9.17) is 32.2 Å². The SMILES string of the molecule is CCNc1nc(NCC)nc(N(CN)c2nc(N(CN)c3nc(NCC)nc(NCC)n3)nc(N(CN)c3nc(NCC)nc(NCC)n3)n2)n1. The average molecular weight is 709 g/mol. The zero-order valence-electron chi connectivity index (χ0n) is 29.8. The molecule has 4 heterocycles. The number of nitrogens with zero attached hydrogens (tertiary/aromatic N) is 15. The first-order valence-electron chi connectivity index (χ1n) is 16.7. The molecule has 0 unspecified atom stereocenters. The molecule has 0 aromatic carbocycles. The molecule has 24 heteroatoms. The van der Waals surface area contributed by atoms with Crippen molar-refractivity contribution >= 4 is 71.4 Å². The van der Waals surface area contributed by atoms with Crippen molar-refractivity contribution < 1.29 is 0 Å². The van der Waals surface area contributed by atoms with Gasteiger partial charge >= 0.3 is 0 Å². The Hall–Kier alpha value is -5.88. The molecule has 0 bridgehead atoms. The Morgan fingerprint density at radius 3 is 0.647 bits per heavy atom. The second-order valence-electron chi connectivity index (χ2n) is 10.1. The van der Waals surface area contributed by atoms with E-state index in [1.165, 1.54) is 14.7 Å². The number of anilines is 12. The molecule has 0 aliphatic carbocycles. The van der Waals surface area contributed by atoms with Gasteiger partial charge in [-0.05, 0) is 41.5 Å². The van der Waals surface area contributed by atoms with E-state index in [9.17, 15) is 0 Å². The molecule has 4 aromatic rings. The van der Waals surface area contributed by atoms with Crippen LogP contribution in [0, 0.1) is 0 Å². The second kappa shape index (κ2) is 18.8. The summed E-state index contributed by atoms with van der Waals surface area (Å²) in [5.41, 5.74) is 19.0. The van der Waals surface area contributed by atoms with E-state index in [2.05, 4.69) is 76.8 Å². The van der Waals surface area contributed by atoms with Gasteiger partial charge in [0.05, 0.1) is 20.0 Å². The predicted molar refractivity (Wildman–Crippen MR) is 198 cm³/mol. The molecule has 276 valence electrons. The zero-order valence-corrected chi connectivity index (χ0v) is 29.8. The third kappa shape index (κ3) is 9.64. The van der Waals surface area contributed by atoms with Gasteiger partial charge in [0.15, 0.2) is 0 Å². The van der Waals surface area contributed by atoms with Crippen molar-refractivity contribution in [2.24, 2.45) is 17.2 Å². The molecule has 0 spiro atoms. The van der Waals surface area contributed by atoms with Gasteiger partial charge in [-0.15, -0.1) is 0 Å². The highest BCUT2D eigenvalue weighted by molar-refractivity contribution is 5.62. The summed E-state index contributed by atoms with van der Waals surface area (Å²) in [4.78, 5) is 59.6. The van der Waals surface area contributed by atoms with Gasteiger partial charge < -0.3 is 49.1 Å². The Morgan fingerprint density at radius 1 is 0.314 bits per heavy atom. The van der Waals surface area contributed by atoms with Crippen molar-refractivity contribution in [2.75, 3.05) is 106 Å². The normalized spacial score (nSPS) is 10.8. The summed E-state index contributed by atoms with van der Waals surface area (Å²) in [5, 5.41) is 18.7. The van der Waals surface area contributed by atoms with E-state index in [-0.39, 0.29) is 55.7 Å². The Morgan fingerprint density at radius 2 is 0.490 bits per heavy atom. The molecule has 0 amide bonds. The molecular formula is C27H48N24. The molecule has 0 radical (unpaired) electrons. The lowest BCUT2D eigenvalue weighted by molar-refractivity contribution is 0.797. The van der Waals surface area contributed by atoms with Crippen LogP contribution in [-0.2, 0) is 0 Å². The third-order valence-electron chi connectivity index (χ3n) is 6.48. The first-order chi connectivity index (χ1) is 24.8. The van der Waals surface area contributed by atoms with Crippen LogP contribution in [0.1, 0.15) is 41.5 Å². The zero-order chi connectivity index (χ0) is 36.8. The van der Waals surface area contributed by atoms with E-state index in [0.29, 0.717) is 75.0 Å². The molecule has 0 saturated carbocycles. The number of rotatable bonds is 21. The van der Waals surface area contributed by atoms with Crippen molar-refractivity contribution in [3.8, 4) is 0 Å². The molecule has 4 aromatic heterocycles. The van der Waals surface area contributed by atoms with Gasteiger partial charge in [-0.1, -0.05) is 0 Å². The number of nitrogens with two attached hydrogens (primary N) is 3. The van der Waals surface area contributed by atoms with Gasteiger partial charge in [-0.2, -0.15) is 59.8 Å².